The SMILES string of the molecule is Cc1ncc(OCCCN)[nH]1. The molecule has 0 saturated heterocycles. The first-order chi connectivity index (χ1) is 5.33. The average Bonchev–Trinajstić information content (AvgIpc) is 2.37. The van der Waals surface area contributed by atoms with Gasteiger partial charge in [-0.3, -0.25) is 0 Å². The van der Waals surface area contributed by atoms with Gasteiger partial charge in [0.25, 0.3) is 0 Å². The second-order valence-corrected chi connectivity index (χ2v) is 2.32. The minimum Gasteiger partial charge on any atom is -0.478 e. The summed E-state index contributed by atoms with van der Waals surface area (Å²) < 4.78 is 5.27. The third-order valence-corrected chi connectivity index (χ3v) is 1.29. The average molecular weight is 155 g/mol. The molecule has 0 amide bonds. The van der Waals surface area contributed by atoms with Crippen molar-refractivity contribution in [1.82, 2.24) is 9.97 Å². The van der Waals surface area contributed by atoms with Crippen molar-refractivity contribution in [2.45, 2.75) is 13.3 Å². The van der Waals surface area contributed by atoms with Crippen LogP contribution in [0.2, 0.25) is 0 Å². The lowest BCUT2D eigenvalue weighted by molar-refractivity contribution is 0.302. The molecule has 1 rings (SSSR count). The second-order valence-electron chi connectivity index (χ2n) is 2.32. The predicted octanol–water partition coefficient (Wildman–Crippen LogP) is 0.446. The molecule has 0 spiro atoms. The maximum Gasteiger partial charge on any atom is 0.211 e. The lowest BCUT2D eigenvalue weighted by Crippen LogP contribution is -2.06. The van der Waals surface area contributed by atoms with Gasteiger partial charge in [0.2, 0.25) is 5.88 Å². The molecule has 0 bridgehead atoms. The van der Waals surface area contributed by atoms with Crippen LogP contribution in [0.4, 0.5) is 0 Å². The van der Waals surface area contributed by atoms with Gasteiger partial charge in [0.05, 0.1) is 12.8 Å². The summed E-state index contributed by atoms with van der Waals surface area (Å²) in [5.74, 6) is 1.59. The van der Waals surface area contributed by atoms with Crippen LogP contribution in [0.15, 0.2) is 6.20 Å². The van der Waals surface area contributed by atoms with E-state index in [-0.39, 0.29) is 0 Å². The van der Waals surface area contributed by atoms with E-state index in [0.29, 0.717) is 13.2 Å². The lowest BCUT2D eigenvalue weighted by Gasteiger charge is -1.99. The largest absolute Gasteiger partial charge is 0.478 e. The molecular formula is C7H13N3O. The number of imidazole rings is 1. The van der Waals surface area contributed by atoms with Crippen molar-refractivity contribution >= 4 is 0 Å². The van der Waals surface area contributed by atoms with Crippen LogP contribution >= 0.6 is 0 Å². The van der Waals surface area contributed by atoms with Crippen LogP contribution < -0.4 is 10.5 Å². The normalized spacial score (nSPS) is 10.0. The second kappa shape index (κ2) is 3.98. The van der Waals surface area contributed by atoms with E-state index in [9.17, 15) is 0 Å². The van der Waals surface area contributed by atoms with Gasteiger partial charge in [-0.2, -0.15) is 0 Å². The number of aromatic amines is 1. The summed E-state index contributed by atoms with van der Waals surface area (Å²) in [6, 6.07) is 0. The molecule has 0 aliphatic rings. The molecule has 11 heavy (non-hydrogen) atoms. The van der Waals surface area contributed by atoms with Gasteiger partial charge < -0.3 is 15.5 Å². The minimum atomic E-state index is 0.651. The molecule has 62 valence electrons. The van der Waals surface area contributed by atoms with E-state index in [1.54, 1.807) is 6.20 Å². The van der Waals surface area contributed by atoms with Gasteiger partial charge in [0, 0.05) is 0 Å². The number of aromatic nitrogens is 2. The summed E-state index contributed by atoms with van der Waals surface area (Å²) in [6.07, 6.45) is 2.55. The third kappa shape index (κ3) is 2.59. The number of nitrogens with zero attached hydrogens (tertiary/aromatic N) is 1. The Labute approximate surface area is 65.8 Å². The monoisotopic (exact) mass is 155 g/mol. The van der Waals surface area contributed by atoms with Crippen LogP contribution in [-0.2, 0) is 0 Å². The van der Waals surface area contributed by atoms with Crippen LogP contribution in [-0.4, -0.2) is 23.1 Å². The molecule has 0 radical (unpaired) electrons. The molecule has 0 aliphatic carbocycles. The first kappa shape index (κ1) is 8.07. The topological polar surface area (TPSA) is 63.9 Å². The quantitative estimate of drug-likeness (QED) is 0.620. The molecule has 3 N–H and O–H groups in total. The summed E-state index contributed by atoms with van der Waals surface area (Å²) >= 11 is 0. The Bertz CT molecular complexity index is 209. The van der Waals surface area contributed by atoms with E-state index in [1.807, 2.05) is 6.92 Å². The van der Waals surface area contributed by atoms with Gasteiger partial charge in [0.1, 0.15) is 5.82 Å². The van der Waals surface area contributed by atoms with Crippen molar-refractivity contribution in [1.29, 1.82) is 0 Å². The third-order valence-electron chi connectivity index (χ3n) is 1.29. The zero-order chi connectivity index (χ0) is 8.10. The number of hydrogen-bond acceptors (Lipinski definition) is 3. The van der Waals surface area contributed by atoms with Crippen molar-refractivity contribution in [2.24, 2.45) is 5.73 Å². The predicted molar refractivity (Wildman–Crippen MR) is 42.5 cm³/mol. The highest BCUT2D eigenvalue weighted by molar-refractivity contribution is 5.05. The molecule has 1 heterocycles. The number of nitrogens with two attached hydrogens (primary N) is 1. The van der Waals surface area contributed by atoms with Crippen LogP contribution in [0, 0.1) is 6.92 Å². The first-order valence-electron chi connectivity index (χ1n) is 3.67. The summed E-state index contributed by atoms with van der Waals surface area (Å²) in [5, 5.41) is 0. The van der Waals surface area contributed by atoms with Crippen LogP contribution in [0.25, 0.3) is 0 Å². The fourth-order valence-electron chi connectivity index (χ4n) is 0.737. The van der Waals surface area contributed by atoms with Crippen LogP contribution in [0.3, 0.4) is 0 Å². The molecule has 4 nitrogen and oxygen atoms in total. The van der Waals surface area contributed by atoms with Crippen molar-refractivity contribution in [3.05, 3.63) is 12.0 Å². The van der Waals surface area contributed by atoms with Gasteiger partial charge in [-0.15, -0.1) is 0 Å². The molecule has 0 atom stereocenters. The van der Waals surface area contributed by atoms with Gasteiger partial charge >= 0.3 is 0 Å². The maximum absolute atomic E-state index is 5.29. The van der Waals surface area contributed by atoms with E-state index < -0.39 is 0 Å². The molecule has 0 saturated carbocycles. The Morgan fingerprint density at radius 1 is 1.73 bits per heavy atom. The highest BCUT2D eigenvalue weighted by atomic mass is 16.5. The summed E-state index contributed by atoms with van der Waals surface area (Å²) in [4.78, 5) is 6.94. The van der Waals surface area contributed by atoms with Crippen LogP contribution in [0.5, 0.6) is 5.88 Å². The molecule has 0 fully saturated rings. The Kier molecular flexibility index (Phi) is 2.92. The molecule has 0 aliphatic heterocycles. The number of rotatable bonds is 4. The standard InChI is InChI=1S/C7H13N3O/c1-6-9-5-7(10-6)11-4-2-3-8/h5H,2-4,8H2,1H3,(H,9,10). The molecule has 0 unspecified atom stereocenters. The first-order valence-corrected chi connectivity index (χ1v) is 3.67. The Morgan fingerprint density at radius 3 is 3.09 bits per heavy atom. The van der Waals surface area contributed by atoms with Gasteiger partial charge in [-0.05, 0) is 19.9 Å². The van der Waals surface area contributed by atoms with E-state index in [0.717, 1.165) is 18.1 Å². The van der Waals surface area contributed by atoms with Crippen molar-refractivity contribution in [3.8, 4) is 5.88 Å². The van der Waals surface area contributed by atoms with E-state index >= 15 is 0 Å². The minimum absolute atomic E-state index is 0.651. The fraction of sp³-hybridized carbons (Fsp3) is 0.571. The Hall–Kier alpha value is -1.03. The van der Waals surface area contributed by atoms with Crippen molar-refractivity contribution in [2.75, 3.05) is 13.2 Å². The van der Waals surface area contributed by atoms with Crippen molar-refractivity contribution in [3.63, 3.8) is 0 Å². The molecule has 1 aromatic heterocycles. The molecule has 1 aromatic rings. The Balaban J connectivity index is 2.27. The highest BCUT2D eigenvalue weighted by Crippen LogP contribution is 2.04. The molecular weight excluding hydrogens is 142 g/mol. The summed E-state index contributed by atoms with van der Waals surface area (Å²) in [7, 11) is 0. The van der Waals surface area contributed by atoms with Gasteiger partial charge in [-0.1, -0.05) is 0 Å². The zero-order valence-electron chi connectivity index (χ0n) is 6.63. The van der Waals surface area contributed by atoms with Gasteiger partial charge in [0.15, 0.2) is 0 Å². The number of hydrogen-bond donors (Lipinski definition) is 2. The number of aryl methyl sites for hydroxylation is 1. The zero-order valence-corrected chi connectivity index (χ0v) is 6.63. The fourth-order valence-corrected chi connectivity index (χ4v) is 0.737. The maximum atomic E-state index is 5.29. The smallest absolute Gasteiger partial charge is 0.211 e. The van der Waals surface area contributed by atoms with Gasteiger partial charge in [-0.25, -0.2) is 4.98 Å². The van der Waals surface area contributed by atoms with E-state index in [2.05, 4.69) is 9.97 Å². The molecule has 4 heteroatoms. The lowest BCUT2D eigenvalue weighted by atomic mass is 10.5. The van der Waals surface area contributed by atoms with E-state index in [1.165, 1.54) is 0 Å². The van der Waals surface area contributed by atoms with E-state index in [4.69, 9.17) is 10.5 Å². The number of nitrogens with one attached hydrogen (secondary N) is 1. The Morgan fingerprint density at radius 2 is 2.55 bits per heavy atom. The number of H-pyrrole nitrogens is 1. The highest BCUT2D eigenvalue weighted by Gasteiger charge is 1.94. The number of ether oxygens (including phenoxy) is 1. The summed E-state index contributed by atoms with van der Waals surface area (Å²) in [6.45, 7) is 3.20. The van der Waals surface area contributed by atoms with Crippen LogP contribution in [0.1, 0.15) is 12.2 Å². The molecule has 0 aromatic carbocycles. The van der Waals surface area contributed by atoms with Crippen molar-refractivity contribution < 1.29 is 4.74 Å². The summed E-state index contributed by atoms with van der Waals surface area (Å²) in [5.41, 5.74) is 5.29.